The van der Waals surface area contributed by atoms with E-state index >= 15 is 0 Å². The van der Waals surface area contributed by atoms with Crippen molar-refractivity contribution in [2.75, 3.05) is 19.0 Å². The molecule has 13 heteroatoms. The van der Waals surface area contributed by atoms with E-state index in [-0.39, 0.29) is 36.3 Å². The number of aliphatic hydroxyl groups is 1. The van der Waals surface area contributed by atoms with E-state index in [1.165, 1.54) is 12.1 Å². The quantitative estimate of drug-likeness (QED) is 0.367. The molecule has 2 fully saturated rings. The highest BCUT2D eigenvalue weighted by atomic mass is 19.1. The van der Waals surface area contributed by atoms with E-state index in [2.05, 4.69) is 5.32 Å². The largest absolute Gasteiger partial charge is 0.507 e. The Morgan fingerprint density at radius 3 is 2.40 bits per heavy atom. The summed E-state index contributed by atoms with van der Waals surface area (Å²) in [4.78, 5) is 79.1. The number of phenols is 1. The van der Waals surface area contributed by atoms with E-state index in [4.69, 9.17) is 10.5 Å². The third-order valence-corrected chi connectivity index (χ3v) is 8.39. The molecule has 5 rings (SSSR count). The maximum Gasteiger partial charge on any atom is 0.412 e. The van der Waals surface area contributed by atoms with Gasteiger partial charge in [0, 0.05) is 44.2 Å². The van der Waals surface area contributed by atoms with Crippen LogP contribution in [0.25, 0.3) is 0 Å². The lowest BCUT2D eigenvalue weighted by Crippen LogP contribution is -2.68. The molecule has 42 heavy (non-hydrogen) atoms. The van der Waals surface area contributed by atoms with Crippen molar-refractivity contribution in [3.05, 3.63) is 52.8 Å². The number of nitrogens with two attached hydrogens (primary N) is 1. The number of nitrogens with one attached hydrogen (secondary N) is 1. The van der Waals surface area contributed by atoms with Crippen LogP contribution in [0, 0.1) is 29.5 Å². The summed E-state index contributed by atoms with van der Waals surface area (Å²) in [6.07, 6.45) is -1.24. The minimum Gasteiger partial charge on any atom is -0.507 e. The highest BCUT2D eigenvalue weighted by Gasteiger charge is 2.66. The van der Waals surface area contributed by atoms with Crippen LogP contribution in [0.4, 0.5) is 14.9 Å². The Balaban J connectivity index is 1.47. The molecule has 0 aromatic heterocycles. The van der Waals surface area contributed by atoms with Gasteiger partial charge in [-0.3, -0.25) is 24.0 Å². The topological polar surface area (TPSA) is 193 Å². The number of halogens is 1. The van der Waals surface area contributed by atoms with E-state index in [0.29, 0.717) is 11.3 Å². The van der Waals surface area contributed by atoms with Crippen molar-refractivity contribution >= 4 is 40.8 Å². The van der Waals surface area contributed by atoms with Crippen molar-refractivity contribution in [2.45, 2.75) is 31.4 Å². The van der Waals surface area contributed by atoms with Gasteiger partial charge in [0.2, 0.25) is 5.91 Å². The Hall–Kier alpha value is -4.65. The van der Waals surface area contributed by atoms with Crippen LogP contribution in [0.5, 0.6) is 11.5 Å². The molecule has 2 aromatic rings. The summed E-state index contributed by atoms with van der Waals surface area (Å²) in [5.74, 6) is -11.6. The molecule has 12 nitrogen and oxygen atoms in total. The van der Waals surface area contributed by atoms with Crippen LogP contribution in [0.15, 0.2) is 30.3 Å². The number of hydrogen-bond acceptors (Lipinski definition) is 10. The van der Waals surface area contributed by atoms with E-state index in [0.717, 1.165) is 12.1 Å². The predicted octanol–water partition coefficient (Wildman–Crippen LogP) is 0.821. The van der Waals surface area contributed by atoms with E-state index in [1.807, 2.05) is 0 Å². The zero-order valence-electron chi connectivity index (χ0n) is 22.7. The lowest BCUT2D eigenvalue weighted by molar-refractivity contribution is -0.175. The van der Waals surface area contributed by atoms with Crippen LogP contribution in [0.1, 0.15) is 34.3 Å². The Morgan fingerprint density at radius 1 is 1.12 bits per heavy atom. The maximum atomic E-state index is 13.9. The summed E-state index contributed by atoms with van der Waals surface area (Å²) in [7, 11) is 3.41. The minimum absolute atomic E-state index is 0.0206. The van der Waals surface area contributed by atoms with Gasteiger partial charge in [0.25, 0.3) is 0 Å². The SMILES string of the molecule is CN(C)c1cc(CNC(=O)Oc2ccc(F)cc2)c(O)c2c1C[C@H]1C[C@H]3CC(=O)C(C(N)=O)C(=O)[C@@]3(O)C(=O)C1C2=O. The summed E-state index contributed by atoms with van der Waals surface area (Å²) in [5, 5.41) is 25.0. The summed E-state index contributed by atoms with van der Waals surface area (Å²) < 4.78 is 18.2. The number of carbonyl (C=O) groups is 6. The molecule has 2 saturated carbocycles. The molecule has 5 N–H and O–H groups in total. The number of Topliss-reactive ketones (excluding diaryl/α,β-unsaturated/α-hetero) is 4. The van der Waals surface area contributed by atoms with Gasteiger partial charge in [-0.1, -0.05) is 0 Å². The molecule has 0 heterocycles. The van der Waals surface area contributed by atoms with Crippen LogP contribution < -0.4 is 20.7 Å². The van der Waals surface area contributed by atoms with Crippen LogP contribution in [-0.4, -0.2) is 65.0 Å². The molecular weight excluding hydrogens is 553 g/mol. The summed E-state index contributed by atoms with van der Waals surface area (Å²) in [6, 6.07) is 6.30. The van der Waals surface area contributed by atoms with Gasteiger partial charge in [0.15, 0.2) is 34.7 Å². The number of anilines is 1. The number of benzene rings is 2. The number of fused-ring (bicyclic) bond motifs is 3. The first-order valence-electron chi connectivity index (χ1n) is 13.2. The molecule has 2 unspecified atom stereocenters. The molecule has 0 bridgehead atoms. The van der Waals surface area contributed by atoms with Gasteiger partial charge in [-0.15, -0.1) is 0 Å². The number of phenolic OH excluding ortho intramolecular Hbond substituents is 1. The third-order valence-electron chi connectivity index (χ3n) is 8.39. The number of hydrogen-bond donors (Lipinski definition) is 4. The highest BCUT2D eigenvalue weighted by molar-refractivity contribution is 6.31. The summed E-state index contributed by atoms with van der Waals surface area (Å²) in [5.41, 5.74) is 3.36. The molecular formula is C29H28FN3O9. The third kappa shape index (κ3) is 4.49. The van der Waals surface area contributed by atoms with Gasteiger partial charge in [-0.05, 0) is 54.7 Å². The van der Waals surface area contributed by atoms with Crippen LogP contribution >= 0.6 is 0 Å². The molecule has 0 radical (unpaired) electrons. The molecule has 220 valence electrons. The predicted molar refractivity (Wildman–Crippen MR) is 142 cm³/mol. The number of rotatable bonds is 5. The number of carbonyl (C=O) groups excluding carboxylic acids is 6. The Kier molecular flexibility index (Phi) is 7.09. The van der Waals surface area contributed by atoms with Crippen LogP contribution in [0.2, 0.25) is 0 Å². The van der Waals surface area contributed by atoms with Crippen molar-refractivity contribution in [3.8, 4) is 11.5 Å². The lowest BCUT2D eigenvalue weighted by atomic mass is 9.53. The fourth-order valence-electron chi connectivity index (χ4n) is 6.42. The molecule has 2 amide bonds. The molecule has 0 spiro atoms. The lowest BCUT2D eigenvalue weighted by Gasteiger charge is -2.48. The van der Waals surface area contributed by atoms with E-state index < -0.39 is 82.4 Å². The van der Waals surface area contributed by atoms with Crippen molar-refractivity contribution in [1.82, 2.24) is 5.32 Å². The van der Waals surface area contributed by atoms with E-state index in [9.17, 15) is 43.4 Å². The Labute approximate surface area is 238 Å². The monoisotopic (exact) mass is 581 g/mol. The van der Waals surface area contributed by atoms with Crippen molar-refractivity contribution in [3.63, 3.8) is 0 Å². The van der Waals surface area contributed by atoms with Crippen molar-refractivity contribution in [2.24, 2.45) is 29.4 Å². The Bertz CT molecular complexity index is 1550. The number of amides is 2. The second-order valence-electron chi connectivity index (χ2n) is 11.1. The summed E-state index contributed by atoms with van der Waals surface area (Å²) >= 11 is 0. The van der Waals surface area contributed by atoms with Crippen molar-refractivity contribution in [1.29, 1.82) is 0 Å². The van der Waals surface area contributed by atoms with E-state index in [1.54, 1.807) is 25.1 Å². The zero-order valence-corrected chi connectivity index (χ0v) is 22.7. The zero-order chi connectivity index (χ0) is 30.7. The second kappa shape index (κ2) is 10.3. The van der Waals surface area contributed by atoms with Crippen LogP contribution in [0.3, 0.4) is 0 Å². The summed E-state index contributed by atoms with van der Waals surface area (Å²) in [6.45, 7) is -0.289. The first kappa shape index (κ1) is 28.9. The van der Waals surface area contributed by atoms with Gasteiger partial charge in [-0.25, -0.2) is 9.18 Å². The Morgan fingerprint density at radius 2 is 1.79 bits per heavy atom. The van der Waals surface area contributed by atoms with Gasteiger partial charge in [0.05, 0.1) is 11.5 Å². The molecule has 0 saturated heterocycles. The number of ketones is 4. The van der Waals surface area contributed by atoms with Gasteiger partial charge in [0.1, 0.15) is 17.3 Å². The normalized spacial score (nSPS) is 26.6. The standard InChI is InChI=1S/C29H28FN3O9/c1-33(2)18-9-13(11-32-28(40)42-16-5-3-15(30)4-6-16)23(35)21-17(18)8-12-7-14-10-19(34)22(27(31)39)26(38)29(14,41)25(37)20(12)24(21)36/h3-6,9,12,14,20,22,35,41H,7-8,10-11H2,1-2H3,(H2,31,39)(H,32,40)/t12-,14+,20?,22?,29+/m1/s1. The molecule has 0 aliphatic heterocycles. The van der Waals surface area contributed by atoms with Gasteiger partial charge in [-0.2, -0.15) is 0 Å². The molecule has 5 atom stereocenters. The molecule has 3 aliphatic rings. The molecule has 3 aliphatic carbocycles. The highest BCUT2D eigenvalue weighted by Crippen LogP contribution is 2.51. The first-order chi connectivity index (χ1) is 19.7. The maximum absolute atomic E-state index is 13.9. The molecule has 2 aromatic carbocycles. The number of aromatic hydroxyl groups is 1. The number of nitrogens with zero attached hydrogens (tertiary/aromatic N) is 1. The number of ether oxygens (including phenoxy) is 1. The minimum atomic E-state index is -2.74. The van der Waals surface area contributed by atoms with Gasteiger partial charge >= 0.3 is 6.09 Å². The smallest absolute Gasteiger partial charge is 0.412 e. The van der Waals surface area contributed by atoms with Crippen LogP contribution in [-0.2, 0) is 32.1 Å². The fraction of sp³-hybridized carbons (Fsp3) is 0.379. The fourth-order valence-corrected chi connectivity index (χ4v) is 6.42. The average molecular weight is 582 g/mol. The average Bonchev–Trinajstić information content (AvgIpc) is 2.91. The van der Waals surface area contributed by atoms with Gasteiger partial charge < -0.3 is 30.9 Å². The van der Waals surface area contributed by atoms with Crippen molar-refractivity contribution < 1.29 is 48.1 Å². The second-order valence-corrected chi connectivity index (χ2v) is 11.1. The number of primary amides is 1. The first-order valence-corrected chi connectivity index (χ1v) is 13.2.